The first kappa shape index (κ1) is 9.58. The molecule has 1 heterocycles. The van der Waals surface area contributed by atoms with Gasteiger partial charge in [-0.1, -0.05) is 18.2 Å². The van der Waals surface area contributed by atoms with Gasteiger partial charge in [-0.05, 0) is 19.1 Å². The van der Waals surface area contributed by atoms with Gasteiger partial charge in [0.2, 0.25) is 11.9 Å². The molecule has 1 aromatic carbocycles. The highest BCUT2D eigenvalue weighted by molar-refractivity contribution is 6.14. The summed E-state index contributed by atoms with van der Waals surface area (Å²) in [4.78, 5) is 26.2. The molecule has 4 heteroatoms. The van der Waals surface area contributed by atoms with Crippen LogP contribution < -0.4 is 0 Å². The molecule has 0 aliphatic carbocycles. The van der Waals surface area contributed by atoms with Crippen LogP contribution >= 0.6 is 0 Å². The van der Waals surface area contributed by atoms with E-state index in [1.165, 1.54) is 6.92 Å². The fourth-order valence-corrected chi connectivity index (χ4v) is 1.32. The minimum absolute atomic E-state index is 0.223. The number of aliphatic imine (C=N–C) groups is 1. The molecular formula is C11H9NO3. The van der Waals surface area contributed by atoms with E-state index >= 15 is 0 Å². The Hall–Kier alpha value is -1.97. The van der Waals surface area contributed by atoms with Gasteiger partial charge in [0.25, 0.3) is 0 Å². The Kier molecular flexibility index (Phi) is 2.33. The number of esters is 1. The Bertz CT molecular complexity index is 436. The van der Waals surface area contributed by atoms with E-state index in [0.717, 1.165) is 0 Å². The Morgan fingerprint density at radius 1 is 1.33 bits per heavy atom. The predicted octanol–water partition coefficient (Wildman–Crippen LogP) is 0.948. The van der Waals surface area contributed by atoms with Crippen molar-refractivity contribution < 1.29 is 14.3 Å². The molecule has 0 radical (unpaired) electrons. The monoisotopic (exact) mass is 203 g/mol. The van der Waals surface area contributed by atoms with Crippen LogP contribution in [0.5, 0.6) is 0 Å². The highest BCUT2D eigenvalue weighted by Gasteiger charge is 2.32. The number of nitrogens with zero attached hydrogens (tertiary/aromatic N) is 1. The first-order valence-electron chi connectivity index (χ1n) is 4.54. The van der Waals surface area contributed by atoms with Gasteiger partial charge in [-0.3, -0.25) is 4.79 Å². The third-order valence-corrected chi connectivity index (χ3v) is 2.07. The average molecular weight is 203 g/mol. The molecule has 76 valence electrons. The second-order valence-corrected chi connectivity index (χ2v) is 3.23. The van der Waals surface area contributed by atoms with Gasteiger partial charge in [-0.15, -0.1) is 0 Å². The Balaban J connectivity index is 2.31. The molecule has 1 aliphatic rings. The molecule has 1 atom stereocenters. The molecular weight excluding hydrogens is 194 g/mol. The first-order valence-corrected chi connectivity index (χ1v) is 4.54. The number of ether oxygens (including phenoxy) is 1. The molecule has 15 heavy (non-hydrogen) atoms. The van der Waals surface area contributed by atoms with Crippen molar-refractivity contribution >= 4 is 17.7 Å². The molecule has 2 rings (SSSR count). The number of rotatable bonds is 2. The van der Waals surface area contributed by atoms with Gasteiger partial charge >= 0.3 is 5.97 Å². The van der Waals surface area contributed by atoms with E-state index in [1.54, 1.807) is 12.1 Å². The second-order valence-electron chi connectivity index (χ2n) is 3.23. The van der Waals surface area contributed by atoms with E-state index in [2.05, 4.69) is 4.99 Å². The zero-order valence-corrected chi connectivity index (χ0v) is 8.14. The molecule has 4 nitrogen and oxygen atoms in total. The summed E-state index contributed by atoms with van der Waals surface area (Å²) in [5.74, 6) is -0.673. The Labute approximate surface area is 86.6 Å². The molecule has 0 amide bonds. The summed E-state index contributed by atoms with van der Waals surface area (Å²) in [5, 5.41) is 0. The number of hydrogen-bond donors (Lipinski definition) is 0. The number of ketones is 1. The molecule has 1 aromatic rings. The Morgan fingerprint density at radius 3 is 2.53 bits per heavy atom. The lowest BCUT2D eigenvalue weighted by Gasteiger charge is -1.97. The van der Waals surface area contributed by atoms with Crippen LogP contribution in [0.25, 0.3) is 0 Å². The number of benzene rings is 1. The molecule has 1 aliphatic heterocycles. The summed E-state index contributed by atoms with van der Waals surface area (Å²) in [6.07, 6.45) is 0. The maximum absolute atomic E-state index is 11.2. The van der Waals surface area contributed by atoms with E-state index in [-0.39, 0.29) is 11.7 Å². The van der Waals surface area contributed by atoms with Gasteiger partial charge in [0.1, 0.15) is 0 Å². The average Bonchev–Trinajstić information content (AvgIpc) is 2.62. The second kappa shape index (κ2) is 3.65. The van der Waals surface area contributed by atoms with E-state index in [0.29, 0.717) is 5.56 Å². The van der Waals surface area contributed by atoms with Gasteiger partial charge in [0.05, 0.1) is 0 Å². The van der Waals surface area contributed by atoms with Gasteiger partial charge < -0.3 is 4.74 Å². The SMILES string of the molecule is CC(=O)C1N=C(c2ccccc2)OC1=O. The van der Waals surface area contributed by atoms with Gasteiger partial charge in [0, 0.05) is 5.56 Å². The lowest BCUT2D eigenvalue weighted by Crippen LogP contribution is -2.22. The van der Waals surface area contributed by atoms with Crippen LogP contribution in [0.2, 0.25) is 0 Å². The van der Waals surface area contributed by atoms with Gasteiger partial charge in [0.15, 0.2) is 5.78 Å². The summed E-state index contributed by atoms with van der Waals surface area (Å²) < 4.78 is 4.91. The number of carbonyl (C=O) groups excluding carboxylic acids is 2. The number of carbonyl (C=O) groups is 2. The van der Waals surface area contributed by atoms with E-state index in [1.807, 2.05) is 18.2 Å². The standard InChI is InChI=1S/C11H9NO3/c1-7(13)9-11(14)15-10(12-9)8-5-3-2-4-6-8/h2-6,9H,1H3. The largest absolute Gasteiger partial charge is 0.405 e. The molecule has 1 unspecified atom stereocenters. The highest BCUT2D eigenvalue weighted by atomic mass is 16.6. The molecule has 0 bridgehead atoms. The smallest absolute Gasteiger partial charge is 0.345 e. The van der Waals surface area contributed by atoms with E-state index in [9.17, 15) is 9.59 Å². The number of Topliss-reactive ketones (excluding diaryl/α,β-unsaturated/α-hetero) is 1. The normalized spacial score (nSPS) is 19.7. The third kappa shape index (κ3) is 1.79. The van der Waals surface area contributed by atoms with Gasteiger partial charge in [-0.25, -0.2) is 9.79 Å². The maximum atomic E-state index is 11.2. The summed E-state index contributed by atoms with van der Waals surface area (Å²) >= 11 is 0. The summed E-state index contributed by atoms with van der Waals surface area (Å²) in [7, 11) is 0. The van der Waals surface area contributed by atoms with Crippen LogP contribution in [0.3, 0.4) is 0 Å². The minimum atomic E-state index is -0.986. The fourth-order valence-electron chi connectivity index (χ4n) is 1.32. The van der Waals surface area contributed by atoms with Crippen molar-refractivity contribution in [2.24, 2.45) is 4.99 Å². The molecule has 0 fully saturated rings. The summed E-state index contributed by atoms with van der Waals surface area (Å²) in [5.41, 5.74) is 0.703. The van der Waals surface area contributed by atoms with Crippen molar-refractivity contribution in [3.05, 3.63) is 35.9 Å². The zero-order chi connectivity index (χ0) is 10.8. The molecule has 0 spiro atoms. The third-order valence-electron chi connectivity index (χ3n) is 2.07. The number of cyclic esters (lactones) is 1. The highest BCUT2D eigenvalue weighted by Crippen LogP contribution is 2.13. The van der Waals surface area contributed by atoms with Crippen LogP contribution in [-0.2, 0) is 14.3 Å². The molecule has 0 saturated heterocycles. The van der Waals surface area contributed by atoms with Crippen molar-refractivity contribution in [2.75, 3.05) is 0 Å². The van der Waals surface area contributed by atoms with E-state index in [4.69, 9.17) is 4.74 Å². The van der Waals surface area contributed by atoms with E-state index < -0.39 is 12.0 Å². The predicted molar refractivity (Wildman–Crippen MR) is 53.5 cm³/mol. The lowest BCUT2D eigenvalue weighted by molar-refractivity contribution is -0.138. The topological polar surface area (TPSA) is 55.7 Å². The maximum Gasteiger partial charge on any atom is 0.345 e. The zero-order valence-electron chi connectivity index (χ0n) is 8.14. The van der Waals surface area contributed by atoms with Crippen LogP contribution in [0, 0.1) is 0 Å². The van der Waals surface area contributed by atoms with Crippen molar-refractivity contribution in [1.29, 1.82) is 0 Å². The van der Waals surface area contributed by atoms with Crippen LogP contribution in [0.1, 0.15) is 12.5 Å². The minimum Gasteiger partial charge on any atom is -0.405 e. The molecule has 0 aromatic heterocycles. The Morgan fingerprint density at radius 2 is 2.00 bits per heavy atom. The van der Waals surface area contributed by atoms with Crippen molar-refractivity contribution in [2.45, 2.75) is 13.0 Å². The summed E-state index contributed by atoms with van der Waals surface area (Å²) in [6, 6.07) is 8.03. The quantitative estimate of drug-likeness (QED) is 0.531. The number of hydrogen-bond acceptors (Lipinski definition) is 4. The first-order chi connectivity index (χ1) is 7.18. The summed E-state index contributed by atoms with van der Waals surface area (Å²) in [6.45, 7) is 1.32. The van der Waals surface area contributed by atoms with Crippen molar-refractivity contribution in [3.8, 4) is 0 Å². The van der Waals surface area contributed by atoms with Crippen molar-refractivity contribution in [1.82, 2.24) is 0 Å². The lowest BCUT2D eigenvalue weighted by atomic mass is 10.2. The molecule has 0 saturated carbocycles. The van der Waals surface area contributed by atoms with Gasteiger partial charge in [-0.2, -0.15) is 0 Å². The molecule has 0 N–H and O–H groups in total. The van der Waals surface area contributed by atoms with Crippen LogP contribution in [0.4, 0.5) is 0 Å². The van der Waals surface area contributed by atoms with Crippen LogP contribution in [-0.4, -0.2) is 23.7 Å². The fraction of sp³-hybridized carbons (Fsp3) is 0.182. The van der Waals surface area contributed by atoms with Crippen LogP contribution in [0.15, 0.2) is 35.3 Å². The van der Waals surface area contributed by atoms with Crippen molar-refractivity contribution in [3.63, 3.8) is 0 Å².